The highest BCUT2D eigenvalue weighted by molar-refractivity contribution is 6.10. The maximum absolute atomic E-state index is 11.3. The highest BCUT2D eigenvalue weighted by atomic mass is 16.4. The minimum atomic E-state index is -1.07. The quantitative estimate of drug-likeness (QED) is 0.804. The number of pyridine rings is 1. The first kappa shape index (κ1) is 15.8. The molecular weight excluding hydrogens is 306 g/mol. The van der Waals surface area contributed by atoms with E-state index < -0.39 is 6.09 Å². The summed E-state index contributed by atoms with van der Waals surface area (Å²) in [5, 5.41) is 12.6. The van der Waals surface area contributed by atoms with Gasteiger partial charge in [-0.2, -0.15) is 0 Å². The third-order valence-electron chi connectivity index (χ3n) is 3.91. The summed E-state index contributed by atoms with van der Waals surface area (Å²) in [5.41, 5.74) is 9.14. The first-order valence-electron chi connectivity index (χ1n) is 7.72. The Hall–Kier alpha value is -3.09. The number of nitrogens with two attached hydrogens (primary N) is 1. The number of carbonyl (C=O) groups is 1. The van der Waals surface area contributed by atoms with Crippen LogP contribution in [-0.4, -0.2) is 34.5 Å². The number of benzene rings is 1. The number of nitrogens with one attached hydrogen (secondary N) is 1. The van der Waals surface area contributed by atoms with Crippen molar-refractivity contribution in [3.63, 3.8) is 0 Å². The van der Waals surface area contributed by atoms with E-state index >= 15 is 0 Å². The van der Waals surface area contributed by atoms with Crippen LogP contribution in [0.2, 0.25) is 0 Å². The van der Waals surface area contributed by atoms with Gasteiger partial charge in [0.25, 0.3) is 0 Å². The Morgan fingerprint density at radius 2 is 2.08 bits per heavy atom. The van der Waals surface area contributed by atoms with Gasteiger partial charge >= 0.3 is 6.09 Å². The van der Waals surface area contributed by atoms with Gasteiger partial charge in [-0.05, 0) is 19.4 Å². The van der Waals surface area contributed by atoms with Crippen LogP contribution in [0.5, 0.6) is 0 Å². The van der Waals surface area contributed by atoms with E-state index in [0.29, 0.717) is 17.2 Å². The number of hydrogen-bond donors (Lipinski definition) is 3. The lowest BCUT2D eigenvalue weighted by molar-refractivity contribution is 0.202. The number of hydrogen-bond acceptors (Lipinski definition) is 5. The fourth-order valence-electron chi connectivity index (χ4n) is 2.75. The van der Waals surface area contributed by atoms with E-state index in [1.807, 2.05) is 37.3 Å². The molecule has 1 aliphatic heterocycles. The maximum Gasteiger partial charge on any atom is 0.413 e. The van der Waals surface area contributed by atoms with Crippen LogP contribution in [0.1, 0.15) is 19.4 Å². The van der Waals surface area contributed by atoms with Crippen LogP contribution in [0.4, 0.5) is 27.8 Å². The van der Waals surface area contributed by atoms with Crippen molar-refractivity contribution >= 4 is 34.8 Å². The molecule has 0 radical (unpaired) electrons. The molecule has 1 aromatic heterocycles. The molecule has 0 aliphatic carbocycles. The lowest BCUT2D eigenvalue weighted by Gasteiger charge is -2.26. The van der Waals surface area contributed by atoms with Crippen molar-refractivity contribution in [3.8, 4) is 0 Å². The van der Waals surface area contributed by atoms with E-state index in [1.54, 1.807) is 13.0 Å². The Balaban J connectivity index is 2.07. The lowest BCUT2D eigenvalue weighted by Crippen LogP contribution is -2.32. The normalized spacial score (nSPS) is 15.9. The van der Waals surface area contributed by atoms with Crippen molar-refractivity contribution in [1.29, 1.82) is 0 Å². The predicted molar refractivity (Wildman–Crippen MR) is 95.4 cm³/mol. The van der Waals surface area contributed by atoms with Gasteiger partial charge in [-0.1, -0.05) is 30.3 Å². The van der Waals surface area contributed by atoms with E-state index in [2.05, 4.69) is 15.3 Å². The minimum Gasteiger partial charge on any atom is -0.465 e. The van der Waals surface area contributed by atoms with E-state index in [1.165, 1.54) is 0 Å². The fraction of sp³-hybridized carbons (Fsp3) is 0.235. The van der Waals surface area contributed by atoms with Gasteiger partial charge < -0.3 is 16.2 Å². The standard InChI is InChI=1S/C17H19N5O2/c1-3-22(17(23)24)13-9-12-15(16(18)20-13)21-14(10(2)19-12)11-7-5-4-6-8-11/h4-10,19H,3H2,1-2H3,(H2,18,20)(H,23,24)/t10-/m0/s1. The molecule has 0 bridgehead atoms. The second-order valence-electron chi connectivity index (χ2n) is 5.52. The number of amides is 1. The van der Waals surface area contributed by atoms with E-state index in [0.717, 1.165) is 16.2 Å². The van der Waals surface area contributed by atoms with Crippen molar-refractivity contribution in [2.24, 2.45) is 4.99 Å². The van der Waals surface area contributed by atoms with Crippen molar-refractivity contribution in [2.75, 3.05) is 22.5 Å². The van der Waals surface area contributed by atoms with Crippen LogP contribution in [0, 0.1) is 0 Å². The Kier molecular flexibility index (Phi) is 4.07. The molecule has 7 nitrogen and oxygen atoms in total. The molecule has 1 aliphatic rings. The Morgan fingerprint density at radius 1 is 1.38 bits per heavy atom. The van der Waals surface area contributed by atoms with Gasteiger partial charge in [0.1, 0.15) is 11.5 Å². The summed E-state index contributed by atoms with van der Waals surface area (Å²) in [4.78, 5) is 21.3. The summed E-state index contributed by atoms with van der Waals surface area (Å²) in [6.07, 6.45) is -1.07. The minimum absolute atomic E-state index is 0.0329. The van der Waals surface area contributed by atoms with Crippen molar-refractivity contribution in [1.82, 2.24) is 4.98 Å². The summed E-state index contributed by atoms with van der Waals surface area (Å²) in [6.45, 7) is 4.03. The number of aromatic nitrogens is 1. The predicted octanol–water partition coefficient (Wildman–Crippen LogP) is 3.10. The summed E-state index contributed by atoms with van der Waals surface area (Å²) >= 11 is 0. The molecule has 2 heterocycles. The molecule has 1 amide bonds. The van der Waals surface area contributed by atoms with Crippen LogP contribution >= 0.6 is 0 Å². The van der Waals surface area contributed by atoms with Gasteiger partial charge in [0, 0.05) is 12.6 Å². The lowest BCUT2D eigenvalue weighted by atomic mass is 10.0. The summed E-state index contributed by atoms with van der Waals surface area (Å²) in [5.74, 6) is 0.495. The zero-order chi connectivity index (χ0) is 17.3. The van der Waals surface area contributed by atoms with Gasteiger partial charge in [-0.3, -0.25) is 4.90 Å². The van der Waals surface area contributed by atoms with Gasteiger partial charge in [0.05, 0.1) is 17.4 Å². The first-order chi connectivity index (χ1) is 11.5. The number of carboxylic acid groups (broad SMARTS) is 1. The molecule has 0 fully saturated rings. The number of aliphatic imine (C=N–C) groups is 1. The molecule has 0 saturated carbocycles. The summed E-state index contributed by atoms with van der Waals surface area (Å²) in [6, 6.07) is 11.5. The average Bonchev–Trinajstić information content (AvgIpc) is 2.55. The molecule has 7 heteroatoms. The molecule has 124 valence electrons. The van der Waals surface area contributed by atoms with Crippen LogP contribution in [0.15, 0.2) is 41.4 Å². The van der Waals surface area contributed by atoms with E-state index in [-0.39, 0.29) is 18.4 Å². The number of rotatable bonds is 3. The summed E-state index contributed by atoms with van der Waals surface area (Å²) < 4.78 is 0. The monoisotopic (exact) mass is 325 g/mol. The van der Waals surface area contributed by atoms with Gasteiger partial charge in [-0.25, -0.2) is 14.8 Å². The third-order valence-corrected chi connectivity index (χ3v) is 3.91. The number of anilines is 3. The zero-order valence-electron chi connectivity index (χ0n) is 13.5. The van der Waals surface area contributed by atoms with Crippen LogP contribution < -0.4 is 16.0 Å². The van der Waals surface area contributed by atoms with Crippen LogP contribution in [-0.2, 0) is 0 Å². The summed E-state index contributed by atoms with van der Waals surface area (Å²) in [7, 11) is 0. The molecule has 4 N–H and O–H groups in total. The topological polar surface area (TPSA) is 104 Å². The molecule has 0 spiro atoms. The van der Waals surface area contributed by atoms with Crippen LogP contribution in [0.3, 0.4) is 0 Å². The number of nitrogen functional groups attached to an aromatic ring is 1. The molecule has 1 atom stereocenters. The molecule has 2 aromatic rings. The first-order valence-corrected chi connectivity index (χ1v) is 7.72. The molecular formula is C17H19N5O2. The highest BCUT2D eigenvalue weighted by Crippen LogP contribution is 2.38. The molecule has 0 unspecified atom stereocenters. The number of fused-ring (bicyclic) bond motifs is 1. The fourth-order valence-corrected chi connectivity index (χ4v) is 2.75. The highest BCUT2D eigenvalue weighted by Gasteiger charge is 2.24. The van der Waals surface area contributed by atoms with Gasteiger partial charge in [0.15, 0.2) is 5.82 Å². The van der Waals surface area contributed by atoms with Crippen molar-refractivity contribution < 1.29 is 9.90 Å². The Morgan fingerprint density at radius 3 is 2.71 bits per heavy atom. The maximum atomic E-state index is 11.3. The van der Waals surface area contributed by atoms with E-state index in [4.69, 9.17) is 5.73 Å². The average molecular weight is 325 g/mol. The van der Waals surface area contributed by atoms with Crippen molar-refractivity contribution in [2.45, 2.75) is 19.9 Å². The Labute approximate surface area is 139 Å². The van der Waals surface area contributed by atoms with Crippen molar-refractivity contribution in [3.05, 3.63) is 42.0 Å². The number of nitrogens with zero attached hydrogens (tertiary/aromatic N) is 3. The molecule has 3 rings (SSSR count). The molecule has 24 heavy (non-hydrogen) atoms. The third kappa shape index (κ3) is 2.76. The van der Waals surface area contributed by atoms with E-state index in [9.17, 15) is 9.90 Å². The second kappa shape index (κ2) is 6.19. The molecule has 1 aromatic carbocycles. The second-order valence-corrected chi connectivity index (χ2v) is 5.52. The Bertz CT molecular complexity index is 804. The molecule has 0 saturated heterocycles. The van der Waals surface area contributed by atoms with Crippen LogP contribution in [0.25, 0.3) is 0 Å². The van der Waals surface area contributed by atoms with Gasteiger partial charge in [-0.15, -0.1) is 0 Å². The van der Waals surface area contributed by atoms with Gasteiger partial charge in [0.2, 0.25) is 0 Å². The zero-order valence-corrected chi connectivity index (χ0v) is 13.5. The smallest absolute Gasteiger partial charge is 0.413 e. The largest absolute Gasteiger partial charge is 0.465 e. The SMILES string of the molecule is CCN(C(=O)O)c1cc2c(c(N)n1)N=C(c1ccccc1)[C@H](C)N2.